The quantitative estimate of drug-likeness (QED) is 0.748. The summed E-state index contributed by atoms with van der Waals surface area (Å²) in [6.45, 7) is 4.75. The molecule has 1 fully saturated rings. The Kier molecular flexibility index (Phi) is 5.08. The minimum absolute atomic E-state index is 0.209. The number of aromatic nitrogens is 3. The number of benzene rings is 1. The first-order chi connectivity index (χ1) is 13.2. The number of carbonyl (C=O) groups excluding carboxylic acids is 1. The minimum Gasteiger partial charge on any atom is -0.378 e. The number of morpholine rings is 1. The number of nitrogens with zero attached hydrogens (tertiary/aromatic N) is 4. The Balaban J connectivity index is 1.52. The molecule has 4 rings (SSSR count). The molecule has 0 spiro atoms. The van der Waals surface area contributed by atoms with Crippen molar-refractivity contribution in [3.63, 3.8) is 0 Å². The van der Waals surface area contributed by atoms with Gasteiger partial charge in [0.15, 0.2) is 0 Å². The average molecular weight is 381 g/mol. The smallest absolute Gasteiger partial charge is 0.268 e. The Morgan fingerprint density at radius 3 is 2.74 bits per heavy atom. The maximum absolute atomic E-state index is 12.7. The number of carbonyl (C=O) groups is 1. The Hall–Kier alpha value is -2.84. The summed E-state index contributed by atoms with van der Waals surface area (Å²) in [5.74, 6) is 1.05. The normalized spacial score (nSPS) is 14.2. The number of nitrogens with one attached hydrogen (secondary N) is 1. The minimum atomic E-state index is -0.209. The zero-order chi connectivity index (χ0) is 18.6. The number of ether oxygens (including phenoxy) is 1. The summed E-state index contributed by atoms with van der Waals surface area (Å²) in [6, 6.07) is 11.6. The van der Waals surface area contributed by atoms with Gasteiger partial charge in [-0.05, 0) is 6.92 Å². The topological polar surface area (TPSA) is 80.2 Å². The van der Waals surface area contributed by atoms with Gasteiger partial charge < -0.3 is 15.0 Å². The zero-order valence-corrected chi connectivity index (χ0v) is 15.7. The predicted molar refractivity (Wildman–Crippen MR) is 105 cm³/mol. The van der Waals surface area contributed by atoms with E-state index in [1.165, 1.54) is 17.7 Å². The van der Waals surface area contributed by atoms with Crippen LogP contribution in [0.5, 0.6) is 0 Å². The van der Waals surface area contributed by atoms with Gasteiger partial charge in [0.1, 0.15) is 27.8 Å². The zero-order valence-electron chi connectivity index (χ0n) is 14.9. The molecule has 2 aromatic heterocycles. The molecular weight excluding hydrogens is 362 g/mol. The molecule has 1 aliphatic heterocycles. The summed E-state index contributed by atoms with van der Waals surface area (Å²) in [7, 11) is 0. The lowest BCUT2D eigenvalue weighted by Crippen LogP contribution is -2.36. The van der Waals surface area contributed by atoms with Crippen LogP contribution in [0.3, 0.4) is 0 Å². The molecule has 0 atom stereocenters. The van der Waals surface area contributed by atoms with Crippen molar-refractivity contribution in [1.82, 2.24) is 15.0 Å². The lowest BCUT2D eigenvalue weighted by molar-refractivity contribution is 0.102. The molecular formula is C19H19N5O2S. The van der Waals surface area contributed by atoms with Crippen LogP contribution in [-0.4, -0.2) is 47.2 Å². The molecule has 3 aromatic rings. The third kappa shape index (κ3) is 3.96. The highest BCUT2D eigenvalue weighted by molar-refractivity contribution is 7.17. The molecule has 1 aromatic carbocycles. The maximum Gasteiger partial charge on any atom is 0.268 e. The second-order valence-electron chi connectivity index (χ2n) is 6.11. The van der Waals surface area contributed by atoms with E-state index in [1.807, 2.05) is 37.3 Å². The van der Waals surface area contributed by atoms with Crippen LogP contribution in [0.4, 0.5) is 11.6 Å². The van der Waals surface area contributed by atoms with E-state index in [2.05, 4.69) is 25.2 Å². The SMILES string of the molecule is Cc1nc(-c2ccccc2)sc1C(=O)Nc1cc(N2CCOCC2)ncn1. The number of hydrogen-bond acceptors (Lipinski definition) is 7. The van der Waals surface area contributed by atoms with E-state index in [0.717, 1.165) is 29.5 Å². The van der Waals surface area contributed by atoms with Crippen LogP contribution in [0.15, 0.2) is 42.7 Å². The van der Waals surface area contributed by atoms with Crippen LogP contribution >= 0.6 is 11.3 Å². The summed E-state index contributed by atoms with van der Waals surface area (Å²) >= 11 is 1.38. The van der Waals surface area contributed by atoms with Crippen molar-refractivity contribution in [1.29, 1.82) is 0 Å². The molecule has 0 unspecified atom stereocenters. The molecule has 0 saturated carbocycles. The standard InChI is InChI=1S/C19H19N5O2S/c1-13-17(27-19(22-13)14-5-3-2-4-6-14)18(25)23-15-11-16(21-12-20-15)24-7-9-26-10-8-24/h2-6,11-12H,7-10H2,1H3,(H,20,21,23,25). The molecule has 27 heavy (non-hydrogen) atoms. The van der Waals surface area contributed by atoms with Gasteiger partial charge in [0.05, 0.1) is 18.9 Å². The lowest BCUT2D eigenvalue weighted by atomic mass is 10.2. The van der Waals surface area contributed by atoms with Crippen molar-refractivity contribution in [2.24, 2.45) is 0 Å². The van der Waals surface area contributed by atoms with E-state index in [4.69, 9.17) is 4.74 Å². The highest BCUT2D eigenvalue weighted by atomic mass is 32.1. The van der Waals surface area contributed by atoms with Crippen molar-refractivity contribution < 1.29 is 9.53 Å². The summed E-state index contributed by atoms with van der Waals surface area (Å²) in [5, 5.41) is 3.69. The number of anilines is 2. The Morgan fingerprint density at radius 1 is 1.19 bits per heavy atom. The van der Waals surface area contributed by atoms with Gasteiger partial charge in [-0.1, -0.05) is 30.3 Å². The second-order valence-corrected chi connectivity index (χ2v) is 7.11. The van der Waals surface area contributed by atoms with Crippen LogP contribution in [0.2, 0.25) is 0 Å². The molecule has 138 valence electrons. The molecule has 0 aliphatic carbocycles. The Labute approximate surface area is 161 Å². The first kappa shape index (κ1) is 17.6. The van der Waals surface area contributed by atoms with Crippen molar-refractivity contribution in [3.05, 3.63) is 53.3 Å². The van der Waals surface area contributed by atoms with Crippen LogP contribution in [0.25, 0.3) is 10.6 Å². The van der Waals surface area contributed by atoms with E-state index >= 15 is 0 Å². The molecule has 1 N–H and O–H groups in total. The second kappa shape index (κ2) is 7.81. The fraction of sp³-hybridized carbons (Fsp3) is 0.263. The van der Waals surface area contributed by atoms with Crippen LogP contribution in [-0.2, 0) is 4.74 Å². The van der Waals surface area contributed by atoms with Gasteiger partial charge in [0, 0.05) is 24.7 Å². The molecule has 1 saturated heterocycles. The van der Waals surface area contributed by atoms with Crippen molar-refractivity contribution in [2.75, 3.05) is 36.5 Å². The van der Waals surface area contributed by atoms with Crippen LogP contribution in [0, 0.1) is 6.92 Å². The first-order valence-electron chi connectivity index (χ1n) is 8.69. The first-order valence-corrected chi connectivity index (χ1v) is 9.51. The molecule has 1 aliphatic rings. The van der Waals surface area contributed by atoms with Gasteiger partial charge in [0.2, 0.25) is 0 Å². The van der Waals surface area contributed by atoms with Crippen LogP contribution in [0.1, 0.15) is 15.4 Å². The summed E-state index contributed by atoms with van der Waals surface area (Å²) in [5.41, 5.74) is 1.71. The van der Waals surface area contributed by atoms with E-state index in [9.17, 15) is 4.79 Å². The lowest BCUT2D eigenvalue weighted by Gasteiger charge is -2.27. The van der Waals surface area contributed by atoms with E-state index in [1.54, 1.807) is 6.07 Å². The molecule has 0 bridgehead atoms. The van der Waals surface area contributed by atoms with Gasteiger partial charge >= 0.3 is 0 Å². The molecule has 8 heteroatoms. The number of hydrogen-bond donors (Lipinski definition) is 1. The van der Waals surface area contributed by atoms with Crippen molar-refractivity contribution in [3.8, 4) is 10.6 Å². The summed E-state index contributed by atoms with van der Waals surface area (Å²) < 4.78 is 5.37. The fourth-order valence-corrected chi connectivity index (χ4v) is 3.83. The number of amides is 1. The summed E-state index contributed by atoms with van der Waals surface area (Å²) in [6.07, 6.45) is 1.47. The highest BCUT2D eigenvalue weighted by Crippen LogP contribution is 2.28. The summed E-state index contributed by atoms with van der Waals surface area (Å²) in [4.78, 5) is 28.5. The number of thiazole rings is 1. The third-order valence-corrected chi connectivity index (χ3v) is 5.46. The Morgan fingerprint density at radius 2 is 1.96 bits per heavy atom. The molecule has 1 amide bonds. The fourth-order valence-electron chi connectivity index (χ4n) is 2.87. The molecule has 7 nitrogen and oxygen atoms in total. The molecule has 3 heterocycles. The van der Waals surface area contributed by atoms with Gasteiger partial charge in [-0.25, -0.2) is 15.0 Å². The van der Waals surface area contributed by atoms with E-state index < -0.39 is 0 Å². The number of rotatable bonds is 4. The van der Waals surface area contributed by atoms with Crippen molar-refractivity contribution >= 4 is 28.9 Å². The van der Waals surface area contributed by atoms with E-state index in [-0.39, 0.29) is 5.91 Å². The maximum atomic E-state index is 12.7. The van der Waals surface area contributed by atoms with Crippen molar-refractivity contribution in [2.45, 2.75) is 6.92 Å². The van der Waals surface area contributed by atoms with Gasteiger partial charge in [-0.2, -0.15) is 0 Å². The number of aryl methyl sites for hydroxylation is 1. The third-order valence-electron chi connectivity index (χ3n) is 4.25. The van der Waals surface area contributed by atoms with Gasteiger partial charge in [-0.15, -0.1) is 11.3 Å². The largest absolute Gasteiger partial charge is 0.378 e. The Bertz CT molecular complexity index is 938. The molecule has 0 radical (unpaired) electrons. The monoisotopic (exact) mass is 381 g/mol. The predicted octanol–water partition coefficient (Wildman–Crippen LogP) is 3.00. The highest BCUT2D eigenvalue weighted by Gasteiger charge is 2.18. The van der Waals surface area contributed by atoms with Gasteiger partial charge in [0.25, 0.3) is 5.91 Å². The average Bonchev–Trinajstić information content (AvgIpc) is 3.11. The van der Waals surface area contributed by atoms with Crippen LogP contribution < -0.4 is 10.2 Å². The van der Waals surface area contributed by atoms with E-state index in [0.29, 0.717) is 29.6 Å². The van der Waals surface area contributed by atoms with Gasteiger partial charge in [-0.3, -0.25) is 4.79 Å².